The first-order chi connectivity index (χ1) is 19.9. The monoisotopic (exact) mass is 614 g/mol. The molecule has 5 rings (SSSR count). The quantitative estimate of drug-likeness (QED) is 0.362. The van der Waals surface area contributed by atoms with Crippen LogP contribution in [0.1, 0.15) is 43.6 Å². The number of sulfonamides is 1. The highest BCUT2D eigenvalue weighted by Crippen LogP contribution is 2.36. The average molecular weight is 615 g/mol. The highest BCUT2D eigenvalue weighted by molar-refractivity contribution is 7.89. The van der Waals surface area contributed by atoms with Gasteiger partial charge in [-0.15, -0.1) is 11.3 Å². The zero-order valence-electron chi connectivity index (χ0n) is 24.6. The summed E-state index contributed by atoms with van der Waals surface area (Å²) in [5.41, 5.74) is 1.83. The van der Waals surface area contributed by atoms with Crippen LogP contribution in [0.15, 0.2) is 53.4 Å². The molecule has 0 radical (unpaired) electrons. The molecule has 0 bridgehead atoms. The van der Waals surface area contributed by atoms with Crippen molar-refractivity contribution in [3.05, 3.63) is 64.8 Å². The van der Waals surface area contributed by atoms with Gasteiger partial charge in [0, 0.05) is 29.6 Å². The minimum absolute atomic E-state index is 0.149. The number of morpholine rings is 1. The summed E-state index contributed by atoms with van der Waals surface area (Å²) in [6, 6.07) is 12.9. The van der Waals surface area contributed by atoms with Crippen molar-refractivity contribution < 1.29 is 22.3 Å². The Bertz CT molecular complexity index is 1510. The predicted molar refractivity (Wildman–Crippen MR) is 164 cm³/mol. The van der Waals surface area contributed by atoms with Gasteiger partial charge in [0.2, 0.25) is 15.9 Å². The number of ether oxygens (including phenoxy) is 1. The van der Waals surface area contributed by atoms with Gasteiger partial charge in [0.25, 0.3) is 0 Å². The third-order valence-electron chi connectivity index (χ3n) is 7.95. The van der Waals surface area contributed by atoms with E-state index in [9.17, 15) is 17.6 Å². The molecule has 3 aromatic rings. The number of rotatable bonds is 8. The van der Waals surface area contributed by atoms with Crippen molar-refractivity contribution in [3.8, 4) is 11.3 Å². The summed E-state index contributed by atoms with van der Waals surface area (Å²) in [6.45, 7) is 9.96. The Labute approximate surface area is 252 Å². The number of amides is 1. The van der Waals surface area contributed by atoms with E-state index in [2.05, 4.69) is 24.1 Å². The minimum atomic E-state index is -3.73. The Kier molecular flexibility index (Phi) is 9.15. The first kappa shape index (κ1) is 30.7. The van der Waals surface area contributed by atoms with Crippen LogP contribution in [-0.4, -0.2) is 72.9 Å². The van der Waals surface area contributed by atoms with Crippen LogP contribution in [0.5, 0.6) is 0 Å². The SMILES string of the molecule is Cc1ccc(S(=O)(=O)N2C[C@@]3(CCCN(CC(=O)Nc4nc(-c5ccc(F)cc5)c(C)s4)C3)OC[C@@H]2CC(C)C)cc1. The number of nitrogens with zero attached hydrogens (tertiary/aromatic N) is 3. The molecule has 2 aliphatic heterocycles. The fourth-order valence-corrected chi connectivity index (χ4v) is 8.48. The van der Waals surface area contributed by atoms with Crippen molar-refractivity contribution in [2.24, 2.45) is 5.92 Å². The van der Waals surface area contributed by atoms with Crippen LogP contribution in [0.3, 0.4) is 0 Å². The summed E-state index contributed by atoms with van der Waals surface area (Å²) in [7, 11) is -3.73. The van der Waals surface area contributed by atoms with Crippen molar-refractivity contribution in [2.45, 2.75) is 63.5 Å². The Morgan fingerprint density at radius 1 is 1.14 bits per heavy atom. The lowest BCUT2D eigenvalue weighted by atomic mass is 9.89. The van der Waals surface area contributed by atoms with Crippen LogP contribution < -0.4 is 5.32 Å². The number of hydrogen-bond donors (Lipinski definition) is 1. The highest BCUT2D eigenvalue weighted by atomic mass is 32.2. The zero-order valence-corrected chi connectivity index (χ0v) is 26.2. The van der Waals surface area contributed by atoms with Crippen LogP contribution in [0.2, 0.25) is 0 Å². The Hall–Kier alpha value is -2.70. The summed E-state index contributed by atoms with van der Waals surface area (Å²) < 4.78 is 49.3. The van der Waals surface area contributed by atoms with E-state index in [1.54, 1.807) is 28.6 Å². The minimum Gasteiger partial charge on any atom is -0.371 e. The molecular weight excluding hydrogens is 575 g/mol. The van der Waals surface area contributed by atoms with Gasteiger partial charge in [-0.1, -0.05) is 31.5 Å². The molecule has 0 saturated carbocycles. The fourth-order valence-electron chi connectivity index (χ4n) is 5.93. The van der Waals surface area contributed by atoms with E-state index < -0.39 is 15.6 Å². The van der Waals surface area contributed by atoms with E-state index >= 15 is 0 Å². The average Bonchev–Trinajstić information content (AvgIpc) is 3.29. The van der Waals surface area contributed by atoms with Gasteiger partial charge in [-0.05, 0) is 82.0 Å². The number of benzene rings is 2. The second-order valence-corrected chi connectivity index (χ2v) is 15.0. The van der Waals surface area contributed by atoms with Crippen LogP contribution in [0.25, 0.3) is 11.3 Å². The Balaban J connectivity index is 1.28. The third-order valence-corrected chi connectivity index (χ3v) is 10.7. The maximum Gasteiger partial charge on any atom is 0.243 e. The number of thiazole rings is 1. The second-order valence-electron chi connectivity index (χ2n) is 11.9. The molecule has 1 aromatic heterocycles. The molecule has 226 valence electrons. The number of carbonyl (C=O) groups excluding carboxylic acids is 1. The maximum atomic E-state index is 13.9. The largest absolute Gasteiger partial charge is 0.371 e. The molecule has 8 nitrogen and oxygen atoms in total. The number of halogens is 1. The van der Waals surface area contributed by atoms with Gasteiger partial charge >= 0.3 is 0 Å². The van der Waals surface area contributed by atoms with Gasteiger partial charge in [0.15, 0.2) is 5.13 Å². The standard InChI is InChI=1S/C31H39FN4O4S2/c1-21(2)16-26-18-40-31(20-36(26)42(38,39)27-12-6-22(3)7-13-27)14-5-15-35(19-31)17-28(37)33-30-34-29(23(4)41-30)24-8-10-25(32)11-9-24/h6-13,21,26H,5,14-20H2,1-4H3,(H,33,34,37)/t26-,31-/m0/s1. The number of piperidine rings is 1. The smallest absolute Gasteiger partial charge is 0.243 e. The van der Waals surface area contributed by atoms with Crippen molar-refractivity contribution in [2.75, 3.05) is 38.1 Å². The van der Waals surface area contributed by atoms with Gasteiger partial charge in [0.05, 0.1) is 29.3 Å². The van der Waals surface area contributed by atoms with Crippen LogP contribution >= 0.6 is 11.3 Å². The third kappa shape index (κ3) is 6.92. The maximum absolute atomic E-state index is 13.9. The van der Waals surface area contributed by atoms with Gasteiger partial charge in [-0.25, -0.2) is 17.8 Å². The van der Waals surface area contributed by atoms with Gasteiger partial charge in [0.1, 0.15) is 5.82 Å². The normalized spacial score (nSPS) is 22.1. The molecule has 0 unspecified atom stereocenters. The van der Waals surface area contributed by atoms with E-state index in [4.69, 9.17) is 4.74 Å². The molecule has 1 N–H and O–H groups in total. The topological polar surface area (TPSA) is 91.8 Å². The van der Waals surface area contributed by atoms with Gasteiger partial charge < -0.3 is 10.1 Å². The number of likely N-dealkylation sites (tertiary alicyclic amines) is 1. The zero-order chi connectivity index (χ0) is 30.1. The van der Waals surface area contributed by atoms with E-state index in [1.807, 2.05) is 30.9 Å². The lowest BCUT2D eigenvalue weighted by Gasteiger charge is -2.50. The molecule has 0 aliphatic carbocycles. The van der Waals surface area contributed by atoms with Crippen LogP contribution in [-0.2, 0) is 19.6 Å². The van der Waals surface area contributed by atoms with Gasteiger partial charge in [-0.3, -0.25) is 9.69 Å². The summed E-state index contributed by atoms with van der Waals surface area (Å²) in [5.74, 6) is -0.190. The van der Waals surface area contributed by atoms with Gasteiger partial charge in [-0.2, -0.15) is 4.31 Å². The van der Waals surface area contributed by atoms with E-state index in [0.717, 1.165) is 35.4 Å². The molecule has 2 aromatic carbocycles. The Morgan fingerprint density at radius 3 is 2.55 bits per heavy atom. The van der Waals surface area contributed by atoms with E-state index in [0.29, 0.717) is 41.2 Å². The number of hydrogen-bond acceptors (Lipinski definition) is 7. The first-order valence-electron chi connectivity index (χ1n) is 14.4. The lowest BCUT2D eigenvalue weighted by molar-refractivity contribution is -0.146. The predicted octanol–water partition coefficient (Wildman–Crippen LogP) is 5.47. The molecule has 2 aliphatic rings. The first-order valence-corrected chi connectivity index (χ1v) is 16.7. The second kappa shape index (κ2) is 12.5. The van der Waals surface area contributed by atoms with Crippen molar-refractivity contribution >= 4 is 32.4 Å². The highest BCUT2D eigenvalue weighted by Gasteiger charge is 2.47. The summed E-state index contributed by atoms with van der Waals surface area (Å²) in [5, 5.41) is 3.41. The van der Waals surface area contributed by atoms with Crippen LogP contribution in [0.4, 0.5) is 9.52 Å². The summed E-state index contributed by atoms with van der Waals surface area (Å²) in [6.07, 6.45) is 2.23. The van der Waals surface area contributed by atoms with E-state index in [-0.39, 0.29) is 30.9 Å². The molecule has 1 spiro atoms. The molecule has 11 heteroatoms. The Morgan fingerprint density at radius 2 is 1.86 bits per heavy atom. The fraction of sp³-hybridized carbons (Fsp3) is 0.484. The molecule has 2 atom stereocenters. The van der Waals surface area contributed by atoms with Crippen molar-refractivity contribution in [1.82, 2.24) is 14.2 Å². The number of aryl methyl sites for hydroxylation is 2. The number of anilines is 1. The number of nitrogens with one attached hydrogen (secondary N) is 1. The number of aromatic nitrogens is 1. The molecule has 2 fully saturated rings. The van der Waals surface area contributed by atoms with Crippen molar-refractivity contribution in [1.29, 1.82) is 0 Å². The molecule has 1 amide bonds. The van der Waals surface area contributed by atoms with Crippen molar-refractivity contribution in [3.63, 3.8) is 0 Å². The molecule has 3 heterocycles. The van der Waals surface area contributed by atoms with E-state index in [1.165, 1.54) is 23.5 Å². The lowest BCUT2D eigenvalue weighted by Crippen LogP contribution is -2.64. The molecule has 2 saturated heterocycles. The van der Waals surface area contributed by atoms with Crippen LogP contribution in [0, 0.1) is 25.6 Å². The summed E-state index contributed by atoms with van der Waals surface area (Å²) >= 11 is 1.38. The molecular formula is C31H39FN4O4S2. The molecule has 42 heavy (non-hydrogen) atoms. The summed E-state index contributed by atoms with van der Waals surface area (Å²) in [4.78, 5) is 20.9. The number of carbonyl (C=O) groups is 1.